The molecule has 0 unspecified atom stereocenters. The SMILES string of the molecule is CN(c1ccc(OCC(=O)NCCOc2ccc(S(=O)(=O)N(C)C)cc2)cc1)S(C)(=O)=O. The highest BCUT2D eigenvalue weighted by Crippen LogP contribution is 2.20. The van der Waals surface area contributed by atoms with Crippen LogP contribution in [0.25, 0.3) is 0 Å². The Labute approximate surface area is 188 Å². The molecule has 0 radical (unpaired) electrons. The standard InChI is InChI=1S/C20H27N3O7S2/c1-22(2)32(27,28)19-11-9-17(10-12-19)29-14-13-21-20(24)15-30-18-7-5-16(6-8-18)23(3)31(4,25)26/h5-12H,13-15H2,1-4H3,(H,21,24). The summed E-state index contributed by atoms with van der Waals surface area (Å²) in [7, 11) is -2.49. The van der Waals surface area contributed by atoms with Crippen molar-refractivity contribution < 1.29 is 31.1 Å². The molecule has 12 heteroatoms. The first-order chi connectivity index (χ1) is 14.9. The van der Waals surface area contributed by atoms with Gasteiger partial charge in [0.1, 0.15) is 18.1 Å². The average molecular weight is 486 g/mol. The minimum absolute atomic E-state index is 0.163. The Morgan fingerprint density at radius 1 is 0.875 bits per heavy atom. The molecule has 2 rings (SSSR count). The number of carbonyl (C=O) groups is 1. The summed E-state index contributed by atoms with van der Waals surface area (Å²) < 4.78 is 60.3. The Kier molecular flexibility index (Phi) is 8.47. The first kappa shape index (κ1) is 25.4. The van der Waals surface area contributed by atoms with E-state index in [1.807, 2.05) is 0 Å². The van der Waals surface area contributed by atoms with Crippen molar-refractivity contribution in [1.29, 1.82) is 0 Å². The summed E-state index contributed by atoms with van der Waals surface area (Å²) in [4.78, 5) is 12.1. The van der Waals surface area contributed by atoms with Crippen molar-refractivity contribution in [3.63, 3.8) is 0 Å². The Hall–Kier alpha value is -2.83. The van der Waals surface area contributed by atoms with Gasteiger partial charge in [-0.25, -0.2) is 21.1 Å². The van der Waals surface area contributed by atoms with E-state index in [1.165, 1.54) is 33.3 Å². The summed E-state index contributed by atoms with van der Waals surface area (Å²) in [5, 5.41) is 2.64. The Balaban J connectivity index is 1.73. The zero-order valence-electron chi connectivity index (χ0n) is 18.3. The molecule has 1 N–H and O–H groups in total. The quantitative estimate of drug-likeness (QED) is 0.469. The molecular formula is C20H27N3O7S2. The van der Waals surface area contributed by atoms with Crippen LogP contribution in [0.15, 0.2) is 53.4 Å². The van der Waals surface area contributed by atoms with Crippen molar-refractivity contribution in [2.75, 3.05) is 51.5 Å². The van der Waals surface area contributed by atoms with Crippen LogP contribution in [0.4, 0.5) is 5.69 Å². The Bertz CT molecular complexity index is 1110. The highest BCUT2D eigenvalue weighted by molar-refractivity contribution is 7.92. The largest absolute Gasteiger partial charge is 0.492 e. The van der Waals surface area contributed by atoms with Gasteiger partial charge >= 0.3 is 0 Å². The molecule has 0 saturated heterocycles. The third-order valence-electron chi connectivity index (χ3n) is 4.36. The van der Waals surface area contributed by atoms with Crippen LogP contribution >= 0.6 is 0 Å². The molecule has 2 aromatic rings. The molecule has 0 aliphatic carbocycles. The number of amides is 1. The lowest BCUT2D eigenvalue weighted by molar-refractivity contribution is -0.123. The second-order valence-electron chi connectivity index (χ2n) is 6.97. The van der Waals surface area contributed by atoms with E-state index in [4.69, 9.17) is 9.47 Å². The van der Waals surface area contributed by atoms with E-state index in [1.54, 1.807) is 36.4 Å². The zero-order chi connectivity index (χ0) is 23.9. The number of anilines is 1. The van der Waals surface area contributed by atoms with Crippen molar-refractivity contribution in [2.45, 2.75) is 4.90 Å². The molecule has 0 aliphatic rings. The summed E-state index contributed by atoms with van der Waals surface area (Å²) >= 11 is 0. The van der Waals surface area contributed by atoms with Crippen molar-refractivity contribution >= 4 is 31.6 Å². The average Bonchev–Trinajstić information content (AvgIpc) is 2.74. The van der Waals surface area contributed by atoms with Crippen LogP contribution in [0.2, 0.25) is 0 Å². The van der Waals surface area contributed by atoms with Crippen LogP contribution in [0.5, 0.6) is 11.5 Å². The molecule has 0 bridgehead atoms. The lowest BCUT2D eigenvalue weighted by Crippen LogP contribution is -2.32. The third kappa shape index (κ3) is 7.11. The second-order valence-corrected chi connectivity index (χ2v) is 11.1. The molecule has 2 aromatic carbocycles. The first-order valence-corrected chi connectivity index (χ1v) is 12.8. The Morgan fingerprint density at radius 2 is 1.41 bits per heavy atom. The van der Waals surface area contributed by atoms with Gasteiger partial charge in [0.2, 0.25) is 20.0 Å². The van der Waals surface area contributed by atoms with Crippen molar-refractivity contribution in [3.8, 4) is 11.5 Å². The fourth-order valence-electron chi connectivity index (χ4n) is 2.42. The lowest BCUT2D eigenvalue weighted by atomic mass is 10.3. The smallest absolute Gasteiger partial charge is 0.258 e. The van der Waals surface area contributed by atoms with Gasteiger partial charge in [-0.1, -0.05) is 0 Å². The van der Waals surface area contributed by atoms with Gasteiger partial charge in [-0.15, -0.1) is 0 Å². The lowest BCUT2D eigenvalue weighted by Gasteiger charge is -2.16. The Morgan fingerprint density at radius 3 is 1.94 bits per heavy atom. The molecule has 176 valence electrons. The van der Waals surface area contributed by atoms with Crippen LogP contribution < -0.4 is 19.1 Å². The molecule has 0 spiro atoms. The van der Waals surface area contributed by atoms with E-state index < -0.39 is 20.0 Å². The number of sulfonamides is 2. The van der Waals surface area contributed by atoms with Gasteiger partial charge in [-0.05, 0) is 48.5 Å². The second kappa shape index (κ2) is 10.7. The van der Waals surface area contributed by atoms with Crippen molar-refractivity contribution in [1.82, 2.24) is 9.62 Å². The van der Waals surface area contributed by atoms with E-state index in [9.17, 15) is 21.6 Å². The van der Waals surface area contributed by atoms with Crippen LogP contribution in [-0.2, 0) is 24.8 Å². The van der Waals surface area contributed by atoms with Crippen LogP contribution in [0, 0.1) is 0 Å². The van der Waals surface area contributed by atoms with Gasteiger partial charge in [-0.2, -0.15) is 0 Å². The highest BCUT2D eigenvalue weighted by Gasteiger charge is 2.16. The van der Waals surface area contributed by atoms with Crippen LogP contribution in [0.3, 0.4) is 0 Å². The summed E-state index contributed by atoms with van der Waals surface area (Å²) in [6.45, 7) is 0.217. The van der Waals surface area contributed by atoms with Crippen molar-refractivity contribution in [3.05, 3.63) is 48.5 Å². The number of nitrogens with zero attached hydrogens (tertiary/aromatic N) is 2. The molecule has 0 atom stereocenters. The summed E-state index contributed by atoms with van der Waals surface area (Å²) in [6, 6.07) is 12.3. The number of nitrogens with one attached hydrogen (secondary N) is 1. The van der Waals surface area contributed by atoms with Crippen molar-refractivity contribution in [2.24, 2.45) is 0 Å². The maximum atomic E-state index is 12.0. The van der Waals surface area contributed by atoms with Gasteiger partial charge in [0.25, 0.3) is 5.91 Å². The molecular weight excluding hydrogens is 458 g/mol. The summed E-state index contributed by atoms with van der Waals surface area (Å²) in [5.41, 5.74) is 0.480. The molecule has 10 nitrogen and oxygen atoms in total. The van der Waals surface area contributed by atoms with Crippen LogP contribution in [0.1, 0.15) is 0 Å². The predicted molar refractivity (Wildman–Crippen MR) is 121 cm³/mol. The first-order valence-electron chi connectivity index (χ1n) is 9.50. The van der Waals surface area contributed by atoms with E-state index in [0.717, 1.165) is 14.9 Å². The third-order valence-corrected chi connectivity index (χ3v) is 7.40. The highest BCUT2D eigenvalue weighted by atomic mass is 32.2. The maximum absolute atomic E-state index is 12.0. The monoisotopic (exact) mass is 485 g/mol. The van der Waals surface area contributed by atoms with Gasteiger partial charge in [0.05, 0.1) is 23.4 Å². The van der Waals surface area contributed by atoms with Gasteiger partial charge < -0.3 is 14.8 Å². The van der Waals surface area contributed by atoms with Gasteiger partial charge in [0.15, 0.2) is 6.61 Å². The molecule has 0 fully saturated rings. The van der Waals surface area contributed by atoms with E-state index in [2.05, 4.69) is 5.32 Å². The molecule has 0 heterocycles. The number of hydrogen-bond donors (Lipinski definition) is 1. The van der Waals surface area contributed by atoms with Gasteiger partial charge in [0, 0.05) is 21.1 Å². The van der Waals surface area contributed by atoms with Crippen LogP contribution in [-0.4, -0.2) is 74.2 Å². The minimum atomic E-state index is -3.49. The number of hydrogen-bond acceptors (Lipinski definition) is 7. The minimum Gasteiger partial charge on any atom is -0.492 e. The van der Waals surface area contributed by atoms with E-state index >= 15 is 0 Å². The molecule has 1 amide bonds. The maximum Gasteiger partial charge on any atom is 0.258 e. The number of carbonyl (C=O) groups excluding carboxylic acids is 1. The number of benzene rings is 2. The normalized spacial score (nSPS) is 11.8. The molecule has 0 aliphatic heterocycles. The fraction of sp³-hybridized carbons (Fsp3) is 0.350. The summed E-state index contributed by atoms with van der Waals surface area (Å²) in [5.74, 6) is 0.556. The van der Waals surface area contributed by atoms with Gasteiger partial charge in [-0.3, -0.25) is 9.10 Å². The van der Waals surface area contributed by atoms with E-state index in [0.29, 0.717) is 17.2 Å². The molecule has 0 aromatic heterocycles. The molecule has 0 saturated carbocycles. The van der Waals surface area contributed by atoms with E-state index in [-0.39, 0.29) is 30.6 Å². The zero-order valence-corrected chi connectivity index (χ0v) is 19.9. The fourth-order valence-corrected chi connectivity index (χ4v) is 3.83. The number of ether oxygens (including phenoxy) is 2. The number of rotatable bonds is 11. The topological polar surface area (TPSA) is 122 Å². The summed E-state index contributed by atoms with van der Waals surface area (Å²) in [6.07, 6.45) is 1.11. The predicted octanol–water partition coefficient (Wildman–Crippen LogP) is 0.907. The molecule has 32 heavy (non-hydrogen) atoms.